The summed E-state index contributed by atoms with van der Waals surface area (Å²) in [5.41, 5.74) is -0.331. The summed E-state index contributed by atoms with van der Waals surface area (Å²) in [5, 5.41) is 15.1. The predicted octanol–water partition coefficient (Wildman–Crippen LogP) is 3.51. The Morgan fingerprint density at radius 1 is 1.65 bits per heavy atom. The molecule has 1 aliphatic rings. The minimum atomic E-state index is -0.331. The third kappa shape index (κ3) is 3.25. The van der Waals surface area contributed by atoms with Crippen molar-refractivity contribution in [3.05, 3.63) is 17.5 Å². The Morgan fingerprint density at radius 2 is 2.41 bits per heavy atom. The summed E-state index contributed by atoms with van der Waals surface area (Å²) in [4.78, 5) is 0. The van der Waals surface area contributed by atoms with Crippen LogP contribution < -0.4 is 5.32 Å². The maximum atomic E-state index is 9.54. The van der Waals surface area contributed by atoms with E-state index in [4.69, 9.17) is 0 Å². The fraction of sp³-hybridized carbons (Fsp3) is 0.615. The summed E-state index contributed by atoms with van der Waals surface area (Å²) >= 11 is 3.55. The molecule has 2 nitrogen and oxygen atoms in total. The Hall–Kier alpha value is -0.500. The van der Waals surface area contributed by atoms with Crippen molar-refractivity contribution in [3.63, 3.8) is 0 Å². The van der Waals surface area contributed by atoms with Gasteiger partial charge in [0.25, 0.3) is 0 Å². The van der Waals surface area contributed by atoms with E-state index in [-0.39, 0.29) is 5.54 Å². The average Bonchev–Trinajstić information content (AvgIpc) is 3.02. The number of rotatable bonds is 6. The molecule has 0 radical (unpaired) electrons. The maximum absolute atomic E-state index is 9.54. The molecule has 0 amide bonds. The van der Waals surface area contributed by atoms with E-state index >= 15 is 0 Å². The van der Waals surface area contributed by atoms with Gasteiger partial charge < -0.3 is 0 Å². The Bertz CT molecular complexity index is 390. The Labute approximate surface area is 111 Å². The molecule has 1 N–H and O–H groups in total. The molecular formula is C13H18N2S2. The summed E-state index contributed by atoms with van der Waals surface area (Å²) in [6, 6.07) is 7.09. The van der Waals surface area contributed by atoms with Crippen LogP contribution in [-0.2, 0) is 0 Å². The van der Waals surface area contributed by atoms with Gasteiger partial charge in [-0.3, -0.25) is 5.32 Å². The van der Waals surface area contributed by atoms with E-state index in [1.54, 1.807) is 23.1 Å². The van der Waals surface area contributed by atoms with Crippen molar-refractivity contribution in [1.29, 1.82) is 5.26 Å². The van der Waals surface area contributed by atoms with Crippen molar-refractivity contribution in [2.75, 3.05) is 5.75 Å². The molecule has 1 fully saturated rings. The van der Waals surface area contributed by atoms with Crippen molar-refractivity contribution in [2.45, 2.75) is 42.5 Å². The second kappa shape index (κ2) is 5.43. The second-order valence-electron chi connectivity index (χ2n) is 4.88. The van der Waals surface area contributed by atoms with Gasteiger partial charge in [-0.25, -0.2) is 0 Å². The molecule has 0 aliphatic heterocycles. The SMILES string of the molecule is CC(C)NC(C#N)(CSc1cccs1)C1CC1. The fourth-order valence-electron chi connectivity index (χ4n) is 2.06. The highest BCUT2D eigenvalue weighted by Gasteiger charge is 2.45. The molecular weight excluding hydrogens is 248 g/mol. The molecule has 1 unspecified atom stereocenters. The van der Waals surface area contributed by atoms with E-state index in [2.05, 4.69) is 42.7 Å². The smallest absolute Gasteiger partial charge is 0.119 e. The number of hydrogen-bond acceptors (Lipinski definition) is 4. The highest BCUT2D eigenvalue weighted by atomic mass is 32.2. The highest BCUT2D eigenvalue weighted by molar-refractivity contribution is 8.01. The highest BCUT2D eigenvalue weighted by Crippen LogP contribution is 2.42. The van der Waals surface area contributed by atoms with Crippen LogP contribution in [0.2, 0.25) is 0 Å². The first kappa shape index (κ1) is 12.9. The zero-order valence-electron chi connectivity index (χ0n) is 10.3. The van der Waals surface area contributed by atoms with Gasteiger partial charge in [0.2, 0.25) is 0 Å². The third-order valence-electron chi connectivity index (χ3n) is 2.96. The second-order valence-corrected chi connectivity index (χ2v) is 7.10. The first-order valence-electron chi connectivity index (χ1n) is 6.01. The standard InChI is InChI=1S/C13H18N2S2/c1-10(2)15-13(8-14,11-5-6-11)9-17-12-4-3-7-16-12/h3-4,7,10-11,15H,5-6,9H2,1-2H3. The van der Waals surface area contributed by atoms with E-state index in [1.807, 2.05) is 0 Å². The summed E-state index contributed by atoms with van der Waals surface area (Å²) in [6.45, 7) is 4.23. The number of nitrogens with one attached hydrogen (secondary N) is 1. The lowest BCUT2D eigenvalue weighted by molar-refractivity contribution is 0.370. The molecule has 1 atom stereocenters. The van der Waals surface area contributed by atoms with Gasteiger partial charge >= 0.3 is 0 Å². The van der Waals surface area contributed by atoms with Crippen LogP contribution in [0, 0.1) is 17.2 Å². The van der Waals surface area contributed by atoms with E-state index in [0.29, 0.717) is 12.0 Å². The molecule has 4 heteroatoms. The minimum absolute atomic E-state index is 0.331. The van der Waals surface area contributed by atoms with Crippen LogP contribution in [0.25, 0.3) is 0 Å². The first-order valence-corrected chi connectivity index (χ1v) is 7.88. The molecule has 1 heterocycles. The first-order chi connectivity index (χ1) is 8.16. The van der Waals surface area contributed by atoms with Gasteiger partial charge in [-0.1, -0.05) is 6.07 Å². The van der Waals surface area contributed by atoms with Crippen molar-refractivity contribution in [3.8, 4) is 6.07 Å². The van der Waals surface area contributed by atoms with E-state index in [0.717, 1.165) is 5.75 Å². The predicted molar refractivity (Wildman–Crippen MR) is 74.4 cm³/mol. The van der Waals surface area contributed by atoms with Gasteiger partial charge in [-0.2, -0.15) is 5.26 Å². The number of nitrogens with zero attached hydrogens (tertiary/aromatic N) is 1. The molecule has 17 heavy (non-hydrogen) atoms. The van der Waals surface area contributed by atoms with Gasteiger partial charge in [0.05, 0.1) is 10.3 Å². The number of thiophene rings is 1. The Balaban J connectivity index is 2.02. The molecule has 2 rings (SSSR count). The lowest BCUT2D eigenvalue weighted by Crippen LogP contribution is -2.51. The van der Waals surface area contributed by atoms with Crippen molar-refractivity contribution in [2.24, 2.45) is 5.92 Å². The van der Waals surface area contributed by atoms with Crippen LogP contribution in [0.5, 0.6) is 0 Å². The molecule has 0 saturated heterocycles. The van der Waals surface area contributed by atoms with Gasteiger partial charge in [-0.15, -0.1) is 23.1 Å². The molecule has 1 aliphatic carbocycles. The largest absolute Gasteiger partial charge is 0.296 e. The van der Waals surface area contributed by atoms with Crippen LogP contribution >= 0.6 is 23.1 Å². The van der Waals surface area contributed by atoms with Crippen molar-refractivity contribution in [1.82, 2.24) is 5.32 Å². The zero-order chi connectivity index (χ0) is 12.3. The average molecular weight is 266 g/mol. The lowest BCUT2D eigenvalue weighted by Gasteiger charge is -2.29. The van der Waals surface area contributed by atoms with Crippen LogP contribution in [0.1, 0.15) is 26.7 Å². The summed E-state index contributed by atoms with van der Waals surface area (Å²) < 4.78 is 1.30. The summed E-state index contributed by atoms with van der Waals surface area (Å²) in [6.07, 6.45) is 2.39. The fourth-order valence-corrected chi connectivity index (χ4v) is 4.05. The molecule has 92 valence electrons. The molecule has 0 bridgehead atoms. The lowest BCUT2D eigenvalue weighted by atomic mass is 9.96. The van der Waals surface area contributed by atoms with Crippen molar-refractivity contribution >= 4 is 23.1 Å². The van der Waals surface area contributed by atoms with Crippen LogP contribution in [0.4, 0.5) is 0 Å². The third-order valence-corrected chi connectivity index (χ3v) is 5.28. The van der Waals surface area contributed by atoms with E-state index < -0.39 is 0 Å². The Morgan fingerprint density at radius 3 is 2.88 bits per heavy atom. The zero-order valence-corrected chi connectivity index (χ0v) is 11.9. The van der Waals surface area contributed by atoms with Crippen LogP contribution in [0.15, 0.2) is 21.7 Å². The number of hydrogen-bond donors (Lipinski definition) is 1. The van der Waals surface area contributed by atoms with E-state index in [9.17, 15) is 5.26 Å². The minimum Gasteiger partial charge on any atom is -0.296 e. The molecule has 1 saturated carbocycles. The topological polar surface area (TPSA) is 35.8 Å². The maximum Gasteiger partial charge on any atom is 0.119 e. The number of thioether (sulfide) groups is 1. The Kier molecular flexibility index (Phi) is 4.13. The van der Waals surface area contributed by atoms with Crippen molar-refractivity contribution < 1.29 is 0 Å². The normalized spacial score (nSPS) is 18.9. The molecule has 1 aromatic heterocycles. The van der Waals surface area contributed by atoms with Gasteiger partial charge in [0, 0.05) is 11.8 Å². The van der Waals surface area contributed by atoms with Gasteiger partial charge in [-0.05, 0) is 44.1 Å². The quantitative estimate of drug-likeness (QED) is 0.800. The van der Waals surface area contributed by atoms with E-state index in [1.165, 1.54) is 17.1 Å². The summed E-state index contributed by atoms with van der Waals surface area (Å²) in [5.74, 6) is 1.40. The van der Waals surface area contributed by atoms with Gasteiger partial charge in [0.1, 0.15) is 5.54 Å². The summed E-state index contributed by atoms with van der Waals surface area (Å²) in [7, 11) is 0. The monoisotopic (exact) mass is 266 g/mol. The molecule has 1 aromatic rings. The van der Waals surface area contributed by atoms with Crippen LogP contribution in [0.3, 0.4) is 0 Å². The molecule has 0 aromatic carbocycles. The molecule has 0 spiro atoms. The van der Waals surface area contributed by atoms with Gasteiger partial charge in [0.15, 0.2) is 0 Å². The number of nitriles is 1. The van der Waals surface area contributed by atoms with Crippen LogP contribution in [-0.4, -0.2) is 17.3 Å².